The maximum atomic E-state index is 9.24. The molecule has 0 spiro atoms. The van der Waals surface area contributed by atoms with Gasteiger partial charge in [0.05, 0.1) is 6.61 Å². The number of phenolic OH excluding ortho intramolecular Hbond substituents is 1. The van der Waals surface area contributed by atoms with E-state index in [0.717, 1.165) is 0 Å². The molecule has 4 nitrogen and oxygen atoms in total. The molecule has 1 N–H and O–H groups in total. The van der Waals surface area contributed by atoms with E-state index in [1.807, 2.05) is 6.92 Å². The highest BCUT2D eigenvalue weighted by molar-refractivity contribution is 5.45. The zero-order valence-corrected chi connectivity index (χ0v) is 8.60. The first kappa shape index (κ1) is 10.1. The Hall–Kier alpha value is -1.42. The Bertz CT molecular complexity index is 337. The average molecular weight is 210 g/mol. The molecule has 1 unspecified atom stereocenters. The van der Waals surface area contributed by atoms with Gasteiger partial charge in [-0.3, -0.25) is 0 Å². The van der Waals surface area contributed by atoms with Gasteiger partial charge in [-0.15, -0.1) is 0 Å². The Morgan fingerprint density at radius 1 is 1.47 bits per heavy atom. The van der Waals surface area contributed by atoms with Crippen LogP contribution in [-0.2, 0) is 4.74 Å². The summed E-state index contributed by atoms with van der Waals surface area (Å²) < 4.78 is 16.3. The molecule has 82 valence electrons. The first-order valence-corrected chi connectivity index (χ1v) is 5.00. The number of rotatable bonds is 3. The van der Waals surface area contributed by atoms with Crippen molar-refractivity contribution in [3.05, 3.63) is 18.2 Å². The molecule has 1 aromatic rings. The van der Waals surface area contributed by atoms with E-state index in [1.165, 1.54) is 0 Å². The van der Waals surface area contributed by atoms with Crippen molar-refractivity contribution in [3.63, 3.8) is 0 Å². The molecular weight excluding hydrogens is 196 g/mol. The Morgan fingerprint density at radius 3 is 3.13 bits per heavy atom. The van der Waals surface area contributed by atoms with Crippen LogP contribution >= 0.6 is 0 Å². The van der Waals surface area contributed by atoms with Gasteiger partial charge >= 0.3 is 0 Å². The maximum absolute atomic E-state index is 9.24. The van der Waals surface area contributed by atoms with Crippen molar-refractivity contribution in [1.82, 2.24) is 0 Å². The third-order valence-electron chi connectivity index (χ3n) is 2.15. The van der Waals surface area contributed by atoms with E-state index in [-0.39, 0.29) is 11.9 Å². The van der Waals surface area contributed by atoms with Gasteiger partial charge in [0.15, 0.2) is 17.6 Å². The van der Waals surface area contributed by atoms with Gasteiger partial charge in [-0.1, -0.05) is 0 Å². The van der Waals surface area contributed by atoms with Gasteiger partial charge < -0.3 is 19.3 Å². The van der Waals surface area contributed by atoms with Crippen molar-refractivity contribution in [1.29, 1.82) is 0 Å². The van der Waals surface area contributed by atoms with Crippen molar-refractivity contribution < 1.29 is 19.3 Å². The molecule has 1 atom stereocenters. The molecule has 1 aliphatic heterocycles. The van der Waals surface area contributed by atoms with Crippen LogP contribution in [0.25, 0.3) is 0 Å². The van der Waals surface area contributed by atoms with E-state index < -0.39 is 0 Å². The number of benzene rings is 1. The van der Waals surface area contributed by atoms with Crippen LogP contribution in [0.1, 0.15) is 6.92 Å². The molecule has 2 rings (SSSR count). The minimum absolute atomic E-state index is 0.0676. The molecule has 0 radical (unpaired) electrons. The van der Waals surface area contributed by atoms with E-state index in [4.69, 9.17) is 14.2 Å². The monoisotopic (exact) mass is 210 g/mol. The molecule has 0 saturated carbocycles. The molecule has 0 bridgehead atoms. The fourth-order valence-electron chi connectivity index (χ4n) is 1.43. The summed E-state index contributed by atoms with van der Waals surface area (Å²) in [6, 6.07) is 4.82. The van der Waals surface area contributed by atoms with Crippen LogP contribution in [0.3, 0.4) is 0 Å². The summed E-state index contributed by atoms with van der Waals surface area (Å²) in [5.74, 6) is 1.42. The quantitative estimate of drug-likeness (QED) is 0.822. The average Bonchev–Trinajstić information content (AvgIpc) is 2.26. The number of hydrogen-bond acceptors (Lipinski definition) is 4. The van der Waals surface area contributed by atoms with E-state index in [9.17, 15) is 5.11 Å². The Kier molecular flexibility index (Phi) is 2.97. The lowest BCUT2D eigenvalue weighted by Crippen LogP contribution is -2.33. The van der Waals surface area contributed by atoms with Crippen LogP contribution in [0.2, 0.25) is 0 Å². The second-order valence-electron chi connectivity index (χ2n) is 3.34. The van der Waals surface area contributed by atoms with Gasteiger partial charge in [0.25, 0.3) is 0 Å². The highest BCUT2D eigenvalue weighted by Crippen LogP contribution is 2.34. The molecule has 0 aliphatic carbocycles. The van der Waals surface area contributed by atoms with Crippen LogP contribution in [0.4, 0.5) is 0 Å². The molecule has 1 aliphatic rings. The molecule has 4 heteroatoms. The van der Waals surface area contributed by atoms with Crippen LogP contribution in [0.15, 0.2) is 18.2 Å². The van der Waals surface area contributed by atoms with Crippen LogP contribution in [0, 0.1) is 0 Å². The highest BCUT2D eigenvalue weighted by Gasteiger charge is 2.21. The summed E-state index contributed by atoms with van der Waals surface area (Å²) in [5.41, 5.74) is 0. The molecule has 1 aromatic carbocycles. The zero-order chi connectivity index (χ0) is 10.7. The Morgan fingerprint density at radius 2 is 2.33 bits per heavy atom. The summed E-state index contributed by atoms with van der Waals surface area (Å²) in [5, 5.41) is 9.24. The molecule has 15 heavy (non-hydrogen) atoms. The third kappa shape index (κ3) is 2.33. The lowest BCUT2D eigenvalue weighted by molar-refractivity contribution is 0.0126. The van der Waals surface area contributed by atoms with Gasteiger partial charge in [-0.2, -0.15) is 0 Å². The van der Waals surface area contributed by atoms with Crippen molar-refractivity contribution in [2.75, 3.05) is 19.8 Å². The Labute approximate surface area is 88.4 Å². The second kappa shape index (κ2) is 4.40. The number of aromatic hydroxyl groups is 1. The minimum Gasteiger partial charge on any atom is -0.508 e. The van der Waals surface area contributed by atoms with E-state index in [2.05, 4.69) is 0 Å². The Balaban J connectivity index is 2.03. The smallest absolute Gasteiger partial charge is 0.165 e. The van der Waals surface area contributed by atoms with Crippen LogP contribution in [-0.4, -0.2) is 31.0 Å². The number of hydrogen-bond donors (Lipinski definition) is 1. The topological polar surface area (TPSA) is 47.9 Å². The predicted octanol–water partition coefficient (Wildman–Crippen LogP) is 1.57. The SMILES string of the molecule is CCOCC1COc2cc(O)ccc2O1. The third-order valence-corrected chi connectivity index (χ3v) is 2.15. The van der Waals surface area contributed by atoms with E-state index in [0.29, 0.717) is 31.3 Å². The summed E-state index contributed by atoms with van der Waals surface area (Å²) in [4.78, 5) is 0. The normalized spacial score (nSPS) is 18.9. The molecule has 0 fully saturated rings. The van der Waals surface area contributed by atoms with Crippen molar-refractivity contribution >= 4 is 0 Å². The van der Waals surface area contributed by atoms with Crippen molar-refractivity contribution in [3.8, 4) is 17.2 Å². The largest absolute Gasteiger partial charge is 0.508 e. The van der Waals surface area contributed by atoms with E-state index in [1.54, 1.807) is 18.2 Å². The molecular formula is C11H14O4. The van der Waals surface area contributed by atoms with Crippen molar-refractivity contribution in [2.24, 2.45) is 0 Å². The molecule has 0 aromatic heterocycles. The zero-order valence-electron chi connectivity index (χ0n) is 8.60. The highest BCUT2D eigenvalue weighted by atomic mass is 16.6. The van der Waals surface area contributed by atoms with Gasteiger partial charge in [-0.05, 0) is 19.1 Å². The summed E-state index contributed by atoms with van der Waals surface area (Å²) >= 11 is 0. The first-order valence-electron chi connectivity index (χ1n) is 5.00. The van der Waals surface area contributed by atoms with Gasteiger partial charge in [-0.25, -0.2) is 0 Å². The predicted molar refractivity (Wildman–Crippen MR) is 54.5 cm³/mol. The number of fused-ring (bicyclic) bond motifs is 1. The van der Waals surface area contributed by atoms with Crippen LogP contribution < -0.4 is 9.47 Å². The lowest BCUT2D eigenvalue weighted by Gasteiger charge is -2.26. The molecule has 1 heterocycles. The molecule has 0 saturated heterocycles. The first-order chi connectivity index (χ1) is 7.29. The number of phenols is 1. The van der Waals surface area contributed by atoms with Gasteiger partial charge in [0.2, 0.25) is 0 Å². The fourth-order valence-corrected chi connectivity index (χ4v) is 1.43. The molecule has 0 amide bonds. The van der Waals surface area contributed by atoms with Crippen LogP contribution in [0.5, 0.6) is 17.2 Å². The second-order valence-corrected chi connectivity index (χ2v) is 3.34. The summed E-state index contributed by atoms with van der Waals surface area (Å²) in [7, 11) is 0. The standard InChI is InChI=1S/C11H14O4/c1-2-13-6-9-7-14-11-5-8(12)3-4-10(11)15-9/h3-5,9,12H,2,6-7H2,1H3. The number of ether oxygens (including phenoxy) is 3. The van der Waals surface area contributed by atoms with Crippen molar-refractivity contribution in [2.45, 2.75) is 13.0 Å². The minimum atomic E-state index is -0.0676. The summed E-state index contributed by atoms with van der Waals surface area (Å²) in [6.07, 6.45) is -0.0676. The lowest BCUT2D eigenvalue weighted by atomic mass is 10.2. The maximum Gasteiger partial charge on any atom is 0.165 e. The fraction of sp³-hybridized carbons (Fsp3) is 0.455. The van der Waals surface area contributed by atoms with E-state index >= 15 is 0 Å². The summed E-state index contributed by atoms with van der Waals surface area (Å²) in [6.45, 7) is 3.59. The van der Waals surface area contributed by atoms with Gasteiger partial charge in [0.1, 0.15) is 12.4 Å². The van der Waals surface area contributed by atoms with Gasteiger partial charge in [0, 0.05) is 12.7 Å².